The summed E-state index contributed by atoms with van der Waals surface area (Å²) in [6.45, 7) is 3.04. The van der Waals surface area contributed by atoms with E-state index in [1.165, 1.54) is 0 Å². The van der Waals surface area contributed by atoms with Crippen molar-refractivity contribution in [3.05, 3.63) is 87.0 Å². The van der Waals surface area contributed by atoms with Gasteiger partial charge in [0.25, 0.3) is 0 Å². The largest absolute Gasteiger partial charge is 0.329 e. The lowest BCUT2D eigenvalue weighted by Crippen LogP contribution is -2.26. The Labute approximate surface area is 185 Å². The third-order valence-corrected chi connectivity index (χ3v) is 5.72. The first-order valence-electron chi connectivity index (χ1n) is 10.3. The molecule has 2 aromatic heterocycles. The number of aromatic nitrogens is 2. The Kier molecular flexibility index (Phi) is 6.34. The van der Waals surface area contributed by atoms with Crippen LogP contribution in [0.25, 0.3) is 11.0 Å². The van der Waals surface area contributed by atoms with Gasteiger partial charge in [-0.15, -0.1) is 11.3 Å². The van der Waals surface area contributed by atoms with E-state index in [-0.39, 0.29) is 18.0 Å². The Morgan fingerprint density at radius 2 is 1.74 bits per heavy atom. The zero-order valence-electron chi connectivity index (χ0n) is 17.3. The highest BCUT2D eigenvalue weighted by atomic mass is 32.1. The molecule has 4 rings (SSSR count). The Bertz CT molecular complexity index is 1320. The molecule has 0 atom stereocenters. The Morgan fingerprint density at radius 1 is 0.968 bits per heavy atom. The van der Waals surface area contributed by atoms with E-state index in [9.17, 15) is 9.59 Å². The van der Waals surface area contributed by atoms with Gasteiger partial charge in [-0.25, -0.2) is 4.79 Å². The molecule has 6 heteroatoms. The third kappa shape index (κ3) is 4.79. The third-order valence-electron chi connectivity index (χ3n) is 4.93. The summed E-state index contributed by atoms with van der Waals surface area (Å²) in [5, 5.41) is 4.91. The molecule has 5 nitrogen and oxygen atoms in total. The smallest absolute Gasteiger partial charge is 0.326 e. The van der Waals surface area contributed by atoms with E-state index in [0.29, 0.717) is 18.8 Å². The van der Waals surface area contributed by atoms with E-state index in [1.54, 1.807) is 20.5 Å². The number of rotatable bonds is 6. The molecule has 0 saturated carbocycles. The molecule has 0 bridgehead atoms. The number of benzene rings is 2. The highest BCUT2D eigenvalue weighted by Crippen LogP contribution is 2.15. The number of aryl methyl sites for hydroxylation is 2. The fourth-order valence-corrected chi connectivity index (χ4v) is 4.09. The van der Waals surface area contributed by atoms with Gasteiger partial charge in [0.1, 0.15) is 0 Å². The van der Waals surface area contributed by atoms with Gasteiger partial charge in [-0.1, -0.05) is 43.0 Å². The zero-order valence-corrected chi connectivity index (χ0v) is 18.1. The van der Waals surface area contributed by atoms with E-state index in [0.717, 1.165) is 27.9 Å². The van der Waals surface area contributed by atoms with Gasteiger partial charge in [0.15, 0.2) is 0 Å². The van der Waals surface area contributed by atoms with Crippen LogP contribution in [0.4, 0.5) is 5.69 Å². The number of hydrogen-bond acceptors (Lipinski definition) is 3. The number of fused-ring (bicyclic) bond motifs is 1. The highest BCUT2D eigenvalue weighted by molar-refractivity contribution is 7.10. The monoisotopic (exact) mass is 429 g/mol. The maximum absolute atomic E-state index is 12.8. The standard InChI is InChI=1S/C25H23N3O2S/c1-2-15-27-22-10-3-4-11-23(22)28(25(27)30)16-14-24(29)26-20-8-5-7-19(18-20)12-13-21-9-6-17-31-21/h3-11,17-18H,2,14-16H2,1H3,(H,26,29). The van der Waals surface area contributed by atoms with Crippen molar-refractivity contribution in [2.45, 2.75) is 32.9 Å². The second kappa shape index (κ2) is 9.50. The molecule has 0 aliphatic carbocycles. The van der Waals surface area contributed by atoms with Crippen molar-refractivity contribution in [3.63, 3.8) is 0 Å². The molecule has 0 spiro atoms. The van der Waals surface area contributed by atoms with E-state index < -0.39 is 0 Å². The van der Waals surface area contributed by atoms with Gasteiger partial charge in [0.2, 0.25) is 5.91 Å². The lowest BCUT2D eigenvalue weighted by atomic mass is 10.2. The van der Waals surface area contributed by atoms with Crippen molar-refractivity contribution in [1.82, 2.24) is 9.13 Å². The molecule has 31 heavy (non-hydrogen) atoms. The number of anilines is 1. The first-order valence-corrected chi connectivity index (χ1v) is 11.2. The van der Waals surface area contributed by atoms with Crippen LogP contribution in [0.3, 0.4) is 0 Å². The fourth-order valence-electron chi connectivity index (χ4n) is 3.52. The summed E-state index contributed by atoms with van der Waals surface area (Å²) in [5.41, 5.74) is 3.24. The van der Waals surface area contributed by atoms with Gasteiger partial charge in [0, 0.05) is 30.8 Å². The van der Waals surface area contributed by atoms with E-state index >= 15 is 0 Å². The van der Waals surface area contributed by atoms with E-state index in [4.69, 9.17) is 0 Å². The van der Waals surface area contributed by atoms with Crippen molar-refractivity contribution >= 4 is 34.0 Å². The molecular formula is C25H23N3O2S. The van der Waals surface area contributed by atoms with E-state index in [1.807, 2.05) is 73.0 Å². The molecule has 156 valence electrons. The lowest BCUT2D eigenvalue weighted by Gasteiger charge is -2.07. The first-order chi connectivity index (χ1) is 15.2. The molecule has 1 amide bonds. The molecule has 0 aliphatic rings. The van der Waals surface area contributed by atoms with Gasteiger partial charge in [-0.05, 0) is 48.2 Å². The molecule has 1 N–H and O–H groups in total. The topological polar surface area (TPSA) is 56.0 Å². The molecule has 0 saturated heterocycles. The van der Waals surface area contributed by atoms with Crippen LogP contribution in [0.15, 0.2) is 70.8 Å². The number of carbonyl (C=O) groups is 1. The molecule has 0 aliphatic heterocycles. The van der Waals surface area contributed by atoms with Gasteiger partial charge >= 0.3 is 5.69 Å². The minimum absolute atomic E-state index is 0.0679. The Balaban J connectivity index is 1.45. The molecule has 0 unspecified atom stereocenters. The SMILES string of the molecule is CCCn1c(=O)n(CCC(=O)Nc2cccc(C#Cc3cccs3)c2)c2ccccc21. The molecule has 0 fully saturated rings. The number of nitrogens with one attached hydrogen (secondary N) is 1. The number of thiophene rings is 1. The van der Waals surface area contributed by atoms with Crippen LogP contribution >= 0.6 is 11.3 Å². The summed E-state index contributed by atoms with van der Waals surface area (Å²) in [4.78, 5) is 26.4. The Hall–Kier alpha value is -3.56. The number of imidazole rings is 1. The maximum atomic E-state index is 12.8. The van der Waals surface area contributed by atoms with Crippen molar-refractivity contribution in [1.29, 1.82) is 0 Å². The van der Waals surface area contributed by atoms with Crippen molar-refractivity contribution < 1.29 is 4.79 Å². The predicted molar refractivity (Wildman–Crippen MR) is 126 cm³/mol. The molecule has 2 heterocycles. The van der Waals surface area contributed by atoms with Gasteiger partial charge in [0.05, 0.1) is 15.9 Å². The quantitative estimate of drug-likeness (QED) is 0.452. The van der Waals surface area contributed by atoms with Crippen LogP contribution in [0, 0.1) is 11.8 Å². The normalized spacial score (nSPS) is 10.6. The first kappa shape index (κ1) is 20.7. The molecular weight excluding hydrogens is 406 g/mol. The summed E-state index contributed by atoms with van der Waals surface area (Å²) in [6.07, 6.45) is 1.09. The lowest BCUT2D eigenvalue weighted by molar-refractivity contribution is -0.116. The average molecular weight is 430 g/mol. The number of para-hydroxylation sites is 2. The molecule has 4 aromatic rings. The van der Waals surface area contributed by atoms with Crippen LogP contribution in [0.1, 0.15) is 30.2 Å². The fraction of sp³-hybridized carbons (Fsp3) is 0.200. The highest BCUT2D eigenvalue weighted by Gasteiger charge is 2.13. The van der Waals surface area contributed by atoms with Crippen LogP contribution in [0.2, 0.25) is 0 Å². The van der Waals surface area contributed by atoms with Crippen LogP contribution < -0.4 is 11.0 Å². The average Bonchev–Trinajstić information content (AvgIpc) is 3.39. The number of hydrogen-bond donors (Lipinski definition) is 1. The Morgan fingerprint density at radius 3 is 2.45 bits per heavy atom. The summed E-state index contributed by atoms with van der Waals surface area (Å²) in [6, 6.07) is 19.2. The predicted octanol–water partition coefficient (Wildman–Crippen LogP) is 4.70. The van der Waals surface area contributed by atoms with E-state index in [2.05, 4.69) is 17.2 Å². The summed E-state index contributed by atoms with van der Waals surface area (Å²) in [7, 11) is 0. The van der Waals surface area contributed by atoms with Crippen molar-refractivity contribution in [2.75, 3.05) is 5.32 Å². The van der Waals surface area contributed by atoms with Crippen LogP contribution in [0.5, 0.6) is 0 Å². The minimum Gasteiger partial charge on any atom is -0.326 e. The van der Waals surface area contributed by atoms with Gasteiger partial charge in [-0.2, -0.15) is 0 Å². The summed E-state index contributed by atoms with van der Waals surface area (Å²) < 4.78 is 3.47. The van der Waals surface area contributed by atoms with Crippen LogP contribution in [-0.2, 0) is 17.9 Å². The second-order valence-corrected chi connectivity index (χ2v) is 8.13. The molecule has 2 aromatic carbocycles. The maximum Gasteiger partial charge on any atom is 0.329 e. The van der Waals surface area contributed by atoms with Gasteiger partial charge in [-0.3, -0.25) is 13.9 Å². The minimum atomic E-state index is -0.136. The van der Waals surface area contributed by atoms with Gasteiger partial charge < -0.3 is 5.32 Å². The van der Waals surface area contributed by atoms with Crippen molar-refractivity contribution in [3.8, 4) is 11.8 Å². The zero-order chi connectivity index (χ0) is 21.6. The van der Waals surface area contributed by atoms with Crippen molar-refractivity contribution in [2.24, 2.45) is 0 Å². The second-order valence-electron chi connectivity index (χ2n) is 7.18. The summed E-state index contributed by atoms with van der Waals surface area (Å²) in [5.74, 6) is 6.10. The number of nitrogens with zero attached hydrogens (tertiary/aromatic N) is 2. The van der Waals surface area contributed by atoms with Crippen LogP contribution in [-0.4, -0.2) is 15.0 Å². The molecule has 0 radical (unpaired) electrons. The summed E-state index contributed by atoms with van der Waals surface area (Å²) >= 11 is 1.60. The number of amides is 1. The number of carbonyl (C=O) groups excluding carboxylic acids is 1.